The highest BCUT2D eigenvalue weighted by Crippen LogP contribution is 2.12. The van der Waals surface area contributed by atoms with E-state index in [1.165, 1.54) is 23.9 Å². The molecule has 0 aliphatic heterocycles. The predicted molar refractivity (Wildman–Crippen MR) is 150 cm³/mol. The van der Waals surface area contributed by atoms with Gasteiger partial charge in [-0.3, -0.25) is 14.4 Å². The summed E-state index contributed by atoms with van der Waals surface area (Å²) in [4.78, 5) is 50.4. The molecular weight excluding hydrogens is 528 g/mol. The molecule has 12 heteroatoms. The van der Waals surface area contributed by atoms with Crippen molar-refractivity contribution < 1.29 is 29.4 Å². The molecule has 7 N–H and O–H groups in total. The summed E-state index contributed by atoms with van der Waals surface area (Å²) in [6.07, 6.45) is 2.36. The van der Waals surface area contributed by atoms with Gasteiger partial charge in [0, 0.05) is 12.2 Å². The average molecular weight is 563 g/mol. The van der Waals surface area contributed by atoms with E-state index in [1.807, 2.05) is 36.6 Å². The van der Waals surface area contributed by atoms with Crippen LogP contribution in [0.5, 0.6) is 5.75 Å². The van der Waals surface area contributed by atoms with Crippen molar-refractivity contribution in [2.24, 2.45) is 5.73 Å². The van der Waals surface area contributed by atoms with Gasteiger partial charge in [0.1, 0.15) is 23.9 Å². The van der Waals surface area contributed by atoms with E-state index in [9.17, 15) is 29.4 Å². The topological polar surface area (TPSA) is 171 Å². The van der Waals surface area contributed by atoms with Crippen LogP contribution in [0.2, 0.25) is 0 Å². The van der Waals surface area contributed by atoms with E-state index in [0.29, 0.717) is 11.3 Å². The zero-order valence-corrected chi connectivity index (χ0v) is 22.7. The largest absolute Gasteiger partial charge is 0.508 e. The summed E-state index contributed by atoms with van der Waals surface area (Å²) in [7, 11) is 0. The number of amides is 3. The number of phenols is 1. The van der Waals surface area contributed by atoms with Crippen LogP contribution in [-0.4, -0.2) is 75.8 Å². The molecule has 206 valence electrons. The van der Waals surface area contributed by atoms with E-state index in [0.717, 1.165) is 5.56 Å². The Morgan fingerprint density at radius 1 is 0.842 bits per heavy atom. The number of carboxylic acids is 1. The van der Waals surface area contributed by atoms with Crippen molar-refractivity contribution >= 4 is 48.1 Å². The minimum atomic E-state index is -1.18. The molecule has 0 spiro atoms. The van der Waals surface area contributed by atoms with Gasteiger partial charge >= 0.3 is 5.97 Å². The summed E-state index contributed by atoms with van der Waals surface area (Å²) in [6.45, 7) is 0. The van der Waals surface area contributed by atoms with Gasteiger partial charge in [0.25, 0.3) is 0 Å². The quantitative estimate of drug-likeness (QED) is 0.156. The van der Waals surface area contributed by atoms with Crippen LogP contribution in [0.15, 0.2) is 54.6 Å². The van der Waals surface area contributed by atoms with Gasteiger partial charge in [-0.25, -0.2) is 4.79 Å². The van der Waals surface area contributed by atoms with Crippen LogP contribution in [-0.2, 0) is 32.0 Å². The van der Waals surface area contributed by atoms with Gasteiger partial charge in [-0.15, -0.1) is 0 Å². The molecule has 4 atom stereocenters. The zero-order valence-electron chi connectivity index (χ0n) is 21.0. The Balaban J connectivity index is 2.14. The first-order valence-electron chi connectivity index (χ1n) is 12.0. The number of thiol groups is 1. The monoisotopic (exact) mass is 562 g/mol. The number of phenolic OH excluding ortho intramolecular Hbond substituents is 1. The number of carbonyl (C=O) groups excluding carboxylic acids is 3. The first kappa shape index (κ1) is 31.0. The lowest BCUT2D eigenvalue weighted by atomic mass is 10.0. The molecule has 2 aromatic rings. The van der Waals surface area contributed by atoms with Crippen molar-refractivity contribution in [1.29, 1.82) is 0 Å². The summed E-state index contributed by atoms with van der Waals surface area (Å²) in [6, 6.07) is 11.0. The van der Waals surface area contributed by atoms with Crippen molar-refractivity contribution in [3.05, 3.63) is 65.7 Å². The van der Waals surface area contributed by atoms with Crippen LogP contribution in [0.3, 0.4) is 0 Å². The highest BCUT2D eigenvalue weighted by Gasteiger charge is 2.30. The number of rotatable bonds is 15. The van der Waals surface area contributed by atoms with Gasteiger partial charge in [0.2, 0.25) is 17.7 Å². The minimum Gasteiger partial charge on any atom is -0.508 e. The number of hydrogen-bond acceptors (Lipinski definition) is 8. The standard InChI is InChI=1S/C26H34N4O6S2/c1-38-12-11-20(26(35)36)28-25(34)22(15-37)30-24(33)21(14-17-7-9-18(31)10-8-17)29-23(32)19(27)13-16-5-3-2-4-6-16/h2-10,19-22,31,37H,11-15,27H2,1H3,(H,28,34)(H,29,32)(H,30,33)(H,35,36). The van der Waals surface area contributed by atoms with E-state index < -0.39 is 47.9 Å². The van der Waals surface area contributed by atoms with Gasteiger partial charge in [-0.2, -0.15) is 24.4 Å². The van der Waals surface area contributed by atoms with E-state index in [4.69, 9.17) is 5.73 Å². The molecule has 0 fully saturated rings. The molecule has 0 heterocycles. The average Bonchev–Trinajstić information content (AvgIpc) is 2.90. The first-order chi connectivity index (χ1) is 18.1. The Morgan fingerprint density at radius 2 is 1.39 bits per heavy atom. The van der Waals surface area contributed by atoms with Gasteiger partial charge < -0.3 is 31.9 Å². The molecule has 3 amide bonds. The molecule has 2 aromatic carbocycles. The summed E-state index contributed by atoms with van der Waals surface area (Å²) in [5, 5.41) is 26.6. The van der Waals surface area contributed by atoms with E-state index in [2.05, 4.69) is 28.6 Å². The first-order valence-corrected chi connectivity index (χ1v) is 14.0. The van der Waals surface area contributed by atoms with Crippen LogP contribution < -0.4 is 21.7 Å². The van der Waals surface area contributed by atoms with Gasteiger partial charge in [0.15, 0.2) is 0 Å². The molecule has 4 unspecified atom stereocenters. The number of aliphatic carboxylic acids is 1. The third-order valence-electron chi connectivity index (χ3n) is 5.69. The highest BCUT2D eigenvalue weighted by atomic mass is 32.2. The molecule has 2 rings (SSSR count). The lowest BCUT2D eigenvalue weighted by molar-refractivity contribution is -0.142. The Morgan fingerprint density at radius 3 is 1.97 bits per heavy atom. The summed E-state index contributed by atoms with van der Waals surface area (Å²) in [5.74, 6) is -2.62. The third-order valence-corrected chi connectivity index (χ3v) is 6.69. The van der Waals surface area contributed by atoms with E-state index in [1.54, 1.807) is 12.1 Å². The fourth-order valence-electron chi connectivity index (χ4n) is 3.55. The molecule has 38 heavy (non-hydrogen) atoms. The lowest BCUT2D eigenvalue weighted by Crippen LogP contribution is -2.58. The van der Waals surface area contributed by atoms with Crippen molar-refractivity contribution in [3.8, 4) is 5.75 Å². The van der Waals surface area contributed by atoms with E-state index >= 15 is 0 Å². The second-order valence-electron chi connectivity index (χ2n) is 8.65. The number of thioether (sulfide) groups is 1. The number of benzene rings is 2. The molecule has 0 saturated heterocycles. The number of hydrogen-bond donors (Lipinski definition) is 7. The number of carbonyl (C=O) groups is 4. The van der Waals surface area contributed by atoms with Crippen molar-refractivity contribution in [2.75, 3.05) is 17.8 Å². The smallest absolute Gasteiger partial charge is 0.326 e. The van der Waals surface area contributed by atoms with Gasteiger partial charge in [-0.1, -0.05) is 42.5 Å². The van der Waals surface area contributed by atoms with Crippen LogP contribution in [0.25, 0.3) is 0 Å². The Hall–Kier alpha value is -3.22. The van der Waals surface area contributed by atoms with Crippen LogP contribution in [0, 0.1) is 0 Å². The van der Waals surface area contributed by atoms with Crippen molar-refractivity contribution in [1.82, 2.24) is 16.0 Å². The van der Waals surface area contributed by atoms with Crippen molar-refractivity contribution in [3.63, 3.8) is 0 Å². The zero-order chi connectivity index (χ0) is 28.1. The fraction of sp³-hybridized carbons (Fsp3) is 0.385. The molecular formula is C26H34N4O6S2. The minimum absolute atomic E-state index is 0.0462. The maximum atomic E-state index is 13.2. The molecule has 0 aliphatic rings. The summed E-state index contributed by atoms with van der Waals surface area (Å²) >= 11 is 5.60. The number of nitrogens with two attached hydrogens (primary N) is 1. The van der Waals surface area contributed by atoms with Crippen molar-refractivity contribution in [2.45, 2.75) is 43.4 Å². The number of aromatic hydroxyl groups is 1. The SMILES string of the molecule is CSCCC(NC(=O)C(CS)NC(=O)C(Cc1ccc(O)cc1)NC(=O)C(N)Cc1ccccc1)C(=O)O. The maximum absolute atomic E-state index is 13.2. The number of carboxylic acid groups (broad SMARTS) is 1. The summed E-state index contributed by atoms with van der Waals surface area (Å²) < 4.78 is 0. The summed E-state index contributed by atoms with van der Waals surface area (Å²) in [5.41, 5.74) is 7.60. The van der Waals surface area contributed by atoms with E-state index in [-0.39, 0.29) is 30.8 Å². The van der Waals surface area contributed by atoms with Crippen LogP contribution in [0.4, 0.5) is 0 Å². The van der Waals surface area contributed by atoms with Crippen LogP contribution in [0.1, 0.15) is 17.5 Å². The molecule has 0 aromatic heterocycles. The molecule has 0 saturated carbocycles. The fourth-order valence-corrected chi connectivity index (χ4v) is 4.28. The third kappa shape index (κ3) is 10.3. The second kappa shape index (κ2) is 15.9. The normalized spacial score (nSPS) is 14.0. The van der Waals surface area contributed by atoms with Crippen LogP contribution >= 0.6 is 24.4 Å². The predicted octanol–water partition coefficient (Wildman–Crippen LogP) is 0.727. The highest BCUT2D eigenvalue weighted by molar-refractivity contribution is 7.98. The molecule has 10 nitrogen and oxygen atoms in total. The van der Waals surface area contributed by atoms with Gasteiger partial charge in [-0.05, 0) is 48.1 Å². The Labute approximate surface area is 231 Å². The van der Waals surface area contributed by atoms with Gasteiger partial charge in [0.05, 0.1) is 6.04 Å². The lowest BCUT2D eigenvalue weighted by Gasteiger charge is -2.24. The Kier molecular flexibility index (Phi) is 13.0. The Bertz CT molecular complexity index is 1070. The molecule has 0 aliphatic carbocycles. The maximum Gasteiger partial charge on any atom is 0.326 e. The molecule has 0 bridgehead atoms. The molecule has 0 radical (unpaired) electrons. The second-order valence-corrected chi connectivity index (χ2v) is 10.0. The number of nitrogens with one attached hydrogen (secondary N) is 3.